The maximum absolute atomic E-state index is 13.6. The van der Waals surface area contributed by atoms with Crippen LogP contribution >= 0.6 is 11.8 Å². The van der Waals surface area contributed by atoms with Gasteiger partial charge >= 0.3 is 0 Å². The molecule has 0 bridgehead atoms. The van der Waals surface area contributed by atoms with Gasteiger partial charge in [-0.3, -0.25) is 4.79 Å². The smallest absolute Gasteiger partial charge is 0.280 e. The number of hydrogen-bond donors (Lipinski definition) is 2. The van der Waals surface area contributed by atoms with Gasteiger partial charge in [0, 0.05) is 15.5 Å². The molecule has 5 rings (SSSR count). The molecule has 154 valence electrons. The van der Waals surface area contributed by atoms with E-state index in [1.807, 2.05) is 60.7 Å². The number of hydrogen-bond acceptors (Lipinski definition) is 4. The number of benzene rings is 2. The standard InChI is InChI=1S/C23H16F2N4OS/c24-21(25)19-12-18(14-10-11-14)27-22-16(13-26-29(19)22)23(30)28-17-8-4-5-9-20(17)31-15-6-2-1-3-7-15/h1-13,21,27H,(H,28,30). The molecule has 3 aromatic rings. The van der Waals surface area contributed by atoms with E-state index < -0.39 is 12.3 Å². The molecule has 1 aliphatic carbocycles. The quantitative estimate of drug-likeness (QED) is 0.546. The second-order valence-electron chi connectivity index (χ2n) is 6.88. The Kier molecular flexibility index (Phi) is 4.91. The Hall–Kier alpha value is -3.65. The predicted octanol–water partition coefficient (Wildman–Crippen LogP) is 5.64. The molecule has 0 saturated carbocycles. The molecule has 2 N–H and O–H groups in total. The Morgan fingerprint density at radius 2 is 1.81 bits per heavy atom. The number of anilines is 2. The first-order valence-electron chi connectivity index (χ1n) is 9.51. The van der Waals surface area contributed by atoms with Crippen LogP contribution in [0.1, 0.15) is 10.4 Å². The number of nitrogens with one attached hydrogen (secondary N) is 2. The van der Waals surface area contributed by atoms with E-state index in [2.05, 4.69) is 15.7 Å². The molecule has 0 saturated heterocycles. The summed E-state index contributed by atoms with van der Waals surface area (Å²) in [5.41, 5.74) is 1.89. The second-order valence-corrected chi connectivity index (χ2v) is 8.00. The summed E-state index contributed by atoms with van der Waals surface area (Å²) in [6.45, 7) is 0. The van der Waals surface area contributed by atoms with E-state index in [1.54, 1.807) is 6.07 Å². The van der Waals surface area contributed by atoms with Crippen molar-refractivity contribution in [2.75, 3.05) is 10.6 Å². The van der Waals surface area contributed by atoms with Gasteiger partial charge in [-0.25, -0.2) is 13.5 Å². The van der Waals surface area contributed by atoms with Gasteiger partial charge in [-0.15, -0.1) is 0 Å². The van der Waals surface area contributed by atoms with Gasteiger partial charge in [-0.1, -0.05) is 54.2 Å². The first kappa shape index (κ1) is 19.3. The SMILES string of the molecule is O=C(Nc1ccccc1Sc1ccccc1)c1cnn2c1NC(=C1C=C1)C=C2C(F)F. The van der Waals surface area contributed by atoms with Gasteiger partial charge in [0.15, 0.2) is 0 Å². The number of para-hydroxylation sites is 1. The molecule has 8 heteroatoms. The zero-order chi connectivity index (χ0) is 21.4. The van der Waals surface area contributed by atoms with Crippen LogP contribution in [0.2, 0.25) is 0 Å². The number of carbonyl (C=O) groups is 1. The number of alkyl halides is 2. The van der Waals surface area contributed by atoms with Crippen molar-refractivity contribution < 1.29 is 13.6 Å². The zero-order valence-corrected chi connectivity index (χ0v) is 16.9. The Morgan fingerprint density at radius 3 is 2.55 bits per heavy atom. The summed E-state index contributed by atoms with van der Waals surface area (Å²) >= 11 is 1.52. The van der Waals surface area contributed by atoms with E-state index in [4.69, 9.17) is 0 Å². The summed E-state index contributed by atoms with van der Waals surface area (Å²) in [5.74, 6) is -0.210. The fraction of sp³-hybridized carbons (Fsp3) is 0.0435. The molecular weight excluding hydrogens is 418 g/mol. The molecule has 31 heavy (non-hydrogen) atoms. The van der Waals surface area contributed by atoms with Gasteiger partial charge in [0.25, 0.3) is 12.3 Å². The first-order chi connectivity index (χ1) is 15.1. The maximum Gasteiger partial charge on any atom is 0.280 e. The third-order valence-corrected chi connectivity index (χ3v) is 5.86. The van der Waals surface area contributed by atoms with Crippen molar-refractivity contribution in [2.45, 2.75) is 16.2 Å². The third kappa shape index (κ3) is 3.89. The lowest BCUT2D eigenvalue weighted by Gasteiger charge is -2.20. The molecule has 2 heterocycles. The van der Waals surface area contributed by atoms with Crippen LogP contribution < -0.4 is 10.6 Å². The van der Waals surface area contributed by atoms with Gasteiger partial charge in [0.05, 0.1) is 11.9 Å². The third-order valence-electron chi connectivity index (χ3n) is 4.78. The number of aromatic nitrogens is 2. The van der Waals surface area contributed by atoms with E-state index in [0.717, 1.165) is 20.0 Å². The lowest BCUT2D eigenvalue weighted by Crippen LogP contribution is -2.20. The van der Waals surface area contributed by atoms with Gasteiger partial charge in [0.1, 0.15) is 17.1 Å². The van der Waals surface area contributed by atoms with Crippen molar-refractivity contribution in [1.29, 1.82) is 0 Å². The first-order valence-corrected chi connectivity index (χ1v) is 10.3. The fourth-order valence-corrected chi connectivity index (χ4v) is 4.12. The molecule has 0 fully saturated rings. The highest BCUT2D eigenvalue weighted by Crippen LogP contribution is 2.36. The molecule has 2 aromatic carbocycles. The molecule has 0 unspecified atom stereocenters. The summed E-state index contributed by atoms with van der Waals surface area (Å²) in [4.78, 5) is 15.0. The van der Waals surface area contributed by atoms with Crippen LogP contribution in [-0.2, 0) is 0 Å². The van der Waals surface area contributed by atoms with Crippen molar-refractivity contribution in [3.05, 3.63) is 95.9 Å². The summed E-state index contributed by atoms with van der Waals surface area (Å²) in [6.07, 6.45) is 3.55. The molecule has 0 atom stereocenters. The highest BCUT2D eigenvalue weighted by Gasteiger charge is 2.29. The van der Waals surface area contributed by atoms with E-state index in [-0.39, 0.29) is 17.1 Å². The van der Waals surface area contributed by atoms with Crippen molar-refractivity contribution in [1.82, 2.24) is 9.78 Å². The van der Waals surface area contributed by atoms with Crippen molar-refractivity contribution in [2.24, 2.45) is 0 Å². The van der Waals surface area contributed by atoms with Gasteiger partial charge in [-0.05, 0) is 35.9 Å². The molecule has 0 radical (unpaired) electrons. The minimum absolute atomic E-state index is 0.185. The monoisotopic (exact) mass is 434 g/mol. The Morgan fingerprint density at radius 1 is 1.06 bits per heavy atom. The average Bonchev–Trinajstić information content (AvgIpc) is 3.54. The number of fused-ring (bicyclic) bond motifs is 1. The van der Waals surface area contributed by atoms with Crippen LogP contribution in [0.25, 0.3) is 5.70 Å². The highest BCUT2D eigenvalue weighted by molar-refractivity contribution is 7.99. The molecule has 5 nitrogen and oxygen atoms in total. The summed E-state index contributed by atoms with van der Waals surface area (Å²) in [5, 5.41) is 9.97. The normalized spacial score (nSPS) is 14.2. The van der Waals surface area contributed by atoms with E-state index in [9.17, 15) is 13.6 Å². The summed E-state index contributed by atoms with van der Waals surface area (Å²) < 4.78 is 28.2. The molecule has 0 spiro atoms. The number of halogens is 2. The van der Waals surface area contributed by atoms with Crippen molar-refractivity contribution >= 4 is 34.9 Å². The van der Waals surface area contributed by atoms with E-state index in [0.29, 0.717) is 11.4 Å². The molecular formula is C23H16F2N4OS. The van der Waals surface area contributed by atoms with E-state index >= 15 is 0 Å². The minimum atomic E-state index is -2.73. The van der Waals surface area contributed by atoms with Crippen LogP contribution in [0.3, 0.4) is 0 Å². The van der Waals surface area contributed by atoms with Gasteiger partial charge in [0.2, 0.25) is 0 Å². The van der Waals surface area contributed by atoms with E-state index in [1.165, 1.54) is 24.0 Å². The highest BCUT2D eigenvalue weighted by atomic mass is 32.2. The van der Waals surface area contributed by atoms with Gasteiger partial charge in [-0.2, -0.15) is 5.10 Å². The Labute approximate surface area is 181 Å². The van der Waals surface area contributed by atoms with Crippen LogP contribution in [0.4, 0.5) is 20.3 Å². The Bertz CT molecular complexity index is 1250. The van der Waals surface area contributed by atoms with Crippen LogP contribution in [-0.4, -0.2) is 22.1 Å². The number of rotatable bonds is 5. The van der Waals surface area contributed by atoms with Crippen molar-refractivity contribution in [3.63, 3.8) is 0 Å². The average molecular weight is 434 g/mol. The number of nitrogens with zero attached hydrogens (tertiary/aromatic N) is 2. The molecule has 1 aliphatic heterocycles. The molecule has 1 amide bonds. The summed E-state index contributed by atoms with van der Waals surface area (Å²) in [6, 6.07) is 17.3. The largest absolute Gasteiger partial charge is 0.339 e. The zero-order valence-electron chi connectivity index (χ0n) is 16.0. The van der Waals surface area contributed by atoms with Crippen LogP contribution in [0.5, 0.6) is 0 Å². The summed E-state index contributed by atoms with van der Waals surface area (Å²) in [7, 11) is 0. The van der Waals surface area contributed by atoms with Gasteiger partial charge < -0.3 is 10.6 Å². The van der Waals surface area contributed by atoms with Crippen LogP contribution in [0, 0.1) is 0 Å². The fourth-order valence-electron chi connectivity index (χ4n) is 3.20. The van der Waals surface area contributed by atoms with Crippen LogP contribution in [0.15, 0.2) is 100 Å². The molecule has 2 aliphatic rings. The number of allylic oxidation sites excluding steroid dienone is 5. The topological polar surface area (TPSA) is 59.0 Å². The maximum atomic E-state index is 13.6. The van der Waals surface area contributed by atoms with Crippen molar-refractivity contribution in [3.8, 4) is 0 Å². The predicted molar refractivity (Wildman–Crippen MR) is 117 cm³/mol. The lowest BCUT2D eigenvalue weighted by atomic mass is 10.2. The second kappa shape index (κ2) is 7.88. The number of carbonyl (C=O) groups excluding carboxylic acids is 1. The lowest BCUT2D eigenvalue weighted by molar-refractivity contribution is 0.102. The minimum Gasteiger partial charge on any atom is -0.339 e. The Balaban J connectivity index is 1.44. The molecule has 1 aromatic heterocycles. The number of amides is 1.